The number of aromatic nitrogens is 1. The molecule has 96 valence electrons. The van der Waals surface area contributed by atoms with Gasteiger partial charge in [0, 0.05) is 12.7 Å². The van der Waals surface area contributed by atoms with Crippen LogP contribution in [0.4, 0.5) is 19.0 Å². The van der Waals surface area contributed by atoms with Gasteiger partial charge in [-0.15, -0.1) is 0 Å². The first-order valence-corrected chi connectivity index (χ1v) is 5.52. The fourth-order valence-electron chi connectivity index (χ4n) is 1.12. The van der Waals surface area contributed by atoms with Crippen molar-refractivity contribution >= 4 is 5.82 Å². The number of hydrogen-bond acceptors (Lipinski definition) is 2. The molecule has 2 nitrogen and oxygen atoms in total. The van der Waals surface area contributed by atoms with Crippen molar-refractivity contribution in [2.45, 2.75) is 33.4 Å². The molecule has 0 aliphatic heterocycles. The Morgan fingerprint density at radius 1 is 1.24 bits per heavy atom. The molecule has 1 heterocycles. The number of pyridine rings is 1. The lowest BCUT2D eigenvalue weighted by atomic mass is 9.90. The van der Waals surface area contributed by atoms with Gasteiger partial charge in [0.15, 0.2) is 0 Å². The van der Waals surface area contributed by atoms with Crippen molar-refractivity contribution in [3.63, 3.8) is 0 Å². The van der Waals surface area contributed by atoms with E-state index in [1.165, 1.54) is 6.07 Å². The van der Waals surface area contributed by atoms with Crippen LogP contribution in [-0.4, -0.2) is 11.5 Å². The number of nitrogens with zero attached hydrogens (tertiary/aromatic N) is 1. The summed E-state index contributed by atoms with van der Waals surface area (Å²) in [6.07, 6.45) is -2.49. The van der Waals surface area contributed by atoms with Gasteiger partial charge in [-0.3, -0.25) is 0 Å². The Labute approximate surface area is 99.3 Å². The Morgan fingerprint density at radius 2 is 1.88 bits per heavy atom. The number of hydrogen-bond donors (Lipinski definition) is 1. The van der Waals surface area contributed by atoms with Gasteiger partial charge in [-0.05, 0) is 24.0 Å². The topological polar surface area (TPSA) is 24.9 Å². The van der Waals surface area contributed by atoms with E-state index in [4.69, 9.17) is 0 Å². The molecule has 5 heteroatoms. The predicted molar refractivity (Wildman–Crippen MR) is 61.8 cm³/mol. The number of rotatable bonds is 4. The second-order valence-electron chi connectivity index (χ2n) is 4.80. The molecule has 0 saturated carbocycles. The summed E-state index contributed by atoms with van der Waals surface area (Å²) < 4.78 is 36.9. The summed E-state index contributed by atoms with van der Waals surface area (Å²) in [4.78, 5) is 3.75. The van der Waals surface area contributed by atoms with E-state index < -0.39 is 11.7 Å². The van der Waals surface area contributed by atoms with Crippen molar-refractivity contribution in [1.82, 2.24) is 4.98 Å². The first-order chi connectivity index (χ1) is 7.74. The number of nitrogens with one attached hydrogen (secondary N) is 1. The normalized spacial score (nSPS) is 12.6. The molecular weight excluding hydrogens is 229 g/mol. The van der Waals surface area contributed by atoms with Crippen molar-refractivity contribution in [2.24, 2.45) is 5.41 Å². The van der Waals surface area contributed by atoms with Gasteiger partial charge >= 0.3 is 6.18 Å². The van der Waals surface area contributed by atoms with Gasteiger partial charge < -0.3 is 5.32 Å². The zero-order valence-corrected chi connectivity index (χ0v) is 10.2. The Hall–Kier alpha value is -1.26. The van der Waals surface area contributed by atoms with Crippen LogP contribution in [0.1, 0.15) is 32.8 Å². The largest absolute Gasteiger partial charge is 0.417 e. The van der Waals surface area contributed by atoms with Crippen LogP contribution < -0.4 is 5.32 Å². The van der Waals surface area contributed by atoms with Crippen LogP contribution in [0.2, 0.25) is 0 Å². The minimum atomic E-state index is -4.33. The number of alkyl halides is 3. The third kappa shape index (κ3) is 4.24. The van der Waals surface area contributed by atoms with Gasteiger partial charge in [-0.2, -0.15) is 13.2 Å². The summed E-state index contributed by atoms with van der Waals surface area (Å²) in [5, 5.41) is 3.04. The molecule has 17 heavy (non-hydrogen) atoms. The molecule has 0 aliphatic carbocycles. The van der Waals surface area contributed by atoms with Gasteiger partial charge in [-0.1, -0.05) is 20.8 Å². The highest BCUT2D eigenvalue weighted by Gasteiger charge is 2.30. The summed E-state index contributed by atoms with van der Waals surface area (Å²) in [5.41, 5.74) is -0.623. The first kappa shape index (κ1) is 13.8. The van der Waals surface area contributed by atoms with Crippen LogP contribution in [0.3, 0.4) is 0 Å². The van der Waals surface area contributed by atoms with E-state index in [-0.39, 0.29) is 5.41 Å². The predicted octanol–water partition coefficient (Wildman–Crippen LogP) is 3.95. The van der Waals surface area contributed by atoms with Crippen LogP contribution in [-0.2, 0) is 6.18 Å². The number of halogens is 3. The van der Waals surface area contributed by atoms with E-state index >= 15 is 0 Å². The summed E-state index contributed by atoms with van der Waals surface area (Å²) in [7, 11) is 0. The highest BCUT2D eigenvalue weighted by atomic mass is 19.4. The molecule has 1 aromatic rings. The lowest BCUT2D eigenvalue weighted by Crippen LogP contribution is -2.22. The molecule has 0 amide bonds. The Kier molecular flexibility index (Phi) is 4.01. The van der Waals surface area contributed by atoms with E-state index in [0.29, 0.717) is 12.4 Å². The second kappa shape index (κ2) is 4.94. The summed E-state index contributed by atoms with van der Waals surface area (Å²) in [6.45, 7) is 6.93. The quantitative estimate of drug-likeness (QED) is 0.870. The fraction of sp³-hybridized carbons (Fsp3) is 0.583. The smallest absolute Gasteiger partial charge is 0.370 e. The Bertz CT molecular complexity index is 355. The van der Waals surface area contributed by atoms with E-state index in [0.717, 1.165) is 18.7 Å². The monoisotopic (exact) mass is 246 g/mol. The van der Waals surface area contributed by atoms with Crippen LogP contribution >= 0.6 is 0 Å². The first-order valence-electron chi connectivity index (χ1n) is 5.52. The van der Waals surface area contributed by atoms with Crippen LogP contribution in [0.25, 0.3) is 0 Å². The molecule has 1 aromatic heterocycles. The molecule has 0 radical (unpaired) electrons. The van der Waals surface area contributed by atoms with Gasteiger partial charge in [0.25, 0.3) is 0 Å². The zero-order chi connectivity index (χ0) is 13.1. The van der Waals surface area contributed by atoms with Crippen LogP contribution in [0, 0.1) is 5.41 Å². The standard InChI is InChI=1S/C12H17F3N2/c1-4-11(2,3)8-17-10-6-5-9(7-16-10)12(13,14)15/h5-7H,4,8H2,1-3H3,(H,16,17). The molecule has 0 saturated heterocycles. The van der Waals surface area contributed by atoms with Crippen molar-refractivity contribution in [3.05, 3.63) is 23.9 Å². The van der Waals surface area contributed by atoms with Crippen LogP contribution in [0.5, 0.6) is 0 Å². The minimum absolute atomic E-state index is 0.102. The van der Waals surface area contributed by atoms with Gasteiger partial charge in [0.2, 0.25) is 0 Å². The average molecular weight is 246 g/mol. The molecule has 0 aliphatic rings. The van der Waals surface area contributed by atoms with E-state index in [2.05, 4.69) is 31.1 Å². The van der Waals surface area contributed by atoms with Crippen molar-refractivity contribution in [2.75, 3.05) is 11.9 Å². The maximum absolute atomic E-state index is 12.3. The molecule has 1 rings (SSSR count). The summed E-state index contributed by atoms with van der Waals surface area (Å²) in [5.74, 6) is 0.472. The summed E-state index contributed by atoms with van der Waals surface area (Å²) >= 11 is 0. The van der Waals surface area contributed by atoms with E-state index in [1.54, 1.807) is 0 Å². The average Bonchev–Trinajstić information content (AvgIpc) is 2.26. The highest BCUT2D eigenvalue weighted by molar-refractivity contribution is 5.36. The minimum Gasteiger partial charge on any atom is -0.370 e. The third-order valence-electron chi connectivity index (χ3n) is 2.80. The lowest BCUT2D eigenvalue weighted by Gasteiger charge is -2.23. The molecule has 0 bridgehead atoms. The SMILES string of the molecule is CCC(C)(C)CNc1ccc(C(F)(F)F)cn1. The van der Waals surface area contributed by atoms with Gasteiger partial charge in [0.05, 0.1) is 5.56 Å². The molecule has 1 N–H and O–H groups in total. The van der Waals surface area contributed by atoms with Crippen molar-refractivity contribution in [1.29, 1.82) is 0 Å². The van der Waals surface area contributed by atoms with E-state index in [9.17, 15) is 13.2 Å². The Balaban J connectivity index is 2.64. The fourth-order valence-corrected chi connectivity index (χ4v) is 1.12. The maximum Gasteiger partial charge on any atom is 0.417 e. The zero-order valence-electron chi connectivity index (χ0n) is 10.2. The van der Waals surface area contributed by atoms with Gasteiger partial charge in [-0.25, -0.2) is 4.98 Å². The highest BCUT2D eigenvalue weighted by Crippen LogP contribution is 2.29. The second-order valence-corrected chi connectivity index (χ2v) is 4.80. The molecular formula is C12H17F3N2. The van der Waals surface area contributed by atoms with Gasteiger partial charge in [0.1, 0.15) is 5.82 Å². The van der Waals surface area contributed by atoms with Crippen LogP contribution in [0.15, 0.2) is 18.3 Å². The van der Waals surface area contributed by atoms with Crippen molar-refractivity contribution in [3.8, 4) is 0 Å². The molecule has 0 unspecified atom stereocenters. The Morgan fingerprint density at radius 3 is 2.29 bits per heavy atom. The molecule has 0 aromatic carbocycles. The number of anilines is 1. The molecule has 0 spiro atoms. The maximum atomic E-state index is 12.3. The summed E-state index contributed by atoms with van der Waals surface area (Å²) in [6, 6.07) is 2.39. The van der Waals surface area contributed by atoms with E-state index in [1.807, 2.05) is 0 Å². The third-order valence-corrected chi connectivity index (χ3v) is 2.80. The molecule has 0 atom stereocenters. The van der Waals surface area contributed by atoms with Crippen molar-refractivity contribution < 1.29 is 13.2 Å². The lowest BCUT2D eigenvalue weighted by molar-refractivity contribution is -0.137. The molecule has 0 fully saturated rings.